The number of benzene rings is 1. The topological polar surface area (TPSA) is 45.6 Å². The highest BCUT2D eigenvalue weighted by Gasteiger charge is 2.20. The van der Waals surface area contributed by atoms with Crippen LogP contribution < -0.4 is 10.6 Å². The van der Waals surface area contributed by atoms with Crippen LogP contribution in [-0.4, -0.2) is 31.1 Å². The zero-order valence-corrected chi connectivity index (χ0v) is 12.0. The highest BCUT2D eigenvalue weighted by atomic mass is 19.1. The van der Waals surface area contributed by atoms with Gasteiger partial charge in [0.05, 0.1) is 18.5 Å². The molecule has 5 heteroatoms. The quantitative estimate of drug-likeness (QED) is 0.937. The first-order valence-electron chi connectivity index (χ1n) is 7.25. The summed E-state index contributed by atoms with van der Waals surface area (Å²) in [6, 6.07) is 8.87. The van der Waals surface area contributed by atoms with E-state index in [9.17, 15) is 4.39 Å². The van der Waals surface area contributed by atoms with Crippen LogP contribution in [0.3, 0.4) is 0 Å². The Morgan fingerprint density at radius 3 is 2.57 bits per heavy atom. The fourth-order valence-electron chi connectivity index (χ4n) is 2.75. The maximum Gasteiger partial charge on any atom is 0.146 e. The first-order valence-corrected chi connectivity index (χ1v) is 7.25. The summed E-state index contributed by atoms with van der Waals surface area (Å²) in [5, 5.41) is 0. The second-order valence-corrected chi connectivity index (χ2v) is 5.29. The zero-order valence-electron chi connectivity index (χ0n) is 12.0. The van der Waals surface area contributed by atoms with E-state index in [0.29, 0.717) is 12.2 Å². The Balaban J connectivity index is 1.59. The van der Waals surface area contributed by atoms with E-state index in [4.69, 9.17) is 10.2 Å². The van der Waals surface area contributed by atoms with Gasteiger partial charge >= 0.3 is 0 Å². The molecule has 0 unspecified atom stereocenters. The molecule has 2 heterocycles. The number of nitrogens with two attached hydrogens (primary N) is 1. The van der Waals surface area contributed by atoms with Gasteiger partial charge in [-0.3, -0.25) is 4.90 Å². The van der Waals surface area contributed by atoms with E-state index >= 15 is 0 Å². The van der Waals surface area contributed by atoms with E-state index in [0.717, 1.165) is 44.0 Å². The van der Waals surface area contributed by atoms with Crippen LogP contribution in [0.2, 0.25) is 0 Å². The maximum atomic E-state index is 13.8. The van der Waals surface area contributed by atoms with Gasteiger partial charge in [-0.2, -0.15) is 0 Å². The first-order chi connectivity index (χ1) is 10.3. The van der Waals surface area contributed by atoms with Gasteiger partial charge in [0.1, 0.15) is 11.6 Å². The SMILES string of the molecule is NCc1ccoc1CN1CCN(c2ccccc2F)CC1. The second-order valence-electron chi connectivity index (χ2n) is 5.29. The Labute approximate surface area is 123 Å². The van der Waals surface area contributed by atoms with E-state index in [1.54, 1.807) is 12.3 Å². The second kappa shape index (κ2) is 6.28. The third-order valence-electron chi connectivity index (χ3n) is 3.99. The van der Waals surface area contributed by atoms with Gasteiger partial charge in [0.2, 0.25) is 0 Å². The summed E-state index contributed by atoms with van der Waals surface area (Å²) >= 11 is 0. The maximum absolute atomic E-state index is 13.8. The molecule has 0 atom stereocenters. The minimum absolute atomic E-state index is 0.151. The van der Waals surface area contributed by atoms with Gasteiger partial charge < -0.3 is 15.1 Å². The van der Waals surface area contributed by atoms with Crippen LogP contribution >= 0.6 is 0 Å². The number of hydrogen-bond acceptors (Lipinski definition) is 4. The van der Waals surface area contributed by atoms with Crippen LogP contribution in [0.1, 0.15) is 11.3 Å². The third-order valence-corrected chi connectivity index (χ3v) is 3.99. The highest BCUT2D eigenvalue weighted by Crippen LogP contribution is 2.21. The number of anilines is 1. The lowest BCUT2D eigenvalue weighted by Crippen LogP contribution is -2.46. The summed E-state index contributed by atoms with van der Waals surface area (Å²) in [4.78, 5) is 4.41. The van der Waals surface area contributed by atoms with E-state index in [2.05, 4.69) is 9.80 Å². The molecule has 4 nitrogen and oxygen atoms in total. The Morgan fingerprint density at radius 1 is 1.10 bits per heavy atom. The van der Waals surface area contributed by atoms with E-state index in [-0.39, 0.29) is 5.82 Å². The summed E-state index contributed by atoms with van der Waals surface area (Å²) in [5.41, 5.74) is 7.44. The minimum Gasteiger partial charge on any atom is -0.468 e. The van der Waals surface area contributed by atoms with Crippen LogP contribution in [-0.2, 0) is 13.1 Å². The first kappa shape index (κ1) is 14.1. The molecule has 21 heavy (non-hydrogen) atoms. The van der Waals surface area contributed by atoms with Crippen LogP contribution in [0.15, 0.2) is 41.0 Å². The molecule has 0 amide bonds. The molecule has 112 valence electrons. The van der Waals surface area contributed by atoms with Gasteiger partial charge in [-0.25, -0.2) is 4.39 Å². The smallest absolute Gasteiger partial charge is 0.146 e. The van der Waals surface area contributed by atoms with E-state index in [1.165, 1.54) is 6.07 Å². The lowest BCUT2D eigenvalue weighted by molar-refractivity contribution is 0.229. The van der Waals surface area contributed by atoms with Crippen molar-refractivity contribution in [3.05, 3.63) is 53.7 Å². The number of para-hydroxylation sites is 1. The molecule has 1 saturated heterocycles. The number of furan rings is 1. The number of nitrogens with zero attached hydrogens (tertiary/aromatic N) is 2. The number of piperazine rings is 1. The fourth-order valence-corrected chi connectivity index (χ4v) is 2.75. The summed E-state index contributed by atoms with van der Waals surface area (Å²) in [5.74, 6) is 0.791. The number of rotatable bonds is 4. The Hall–Kier alpha value is -1.85. The molecule has 0 saturated carbocycles. The molecule has 1 aliphatic heterocycles. The summed E-state index contributed by atoms with van der Waals surface area (Å²) < 4.78 is 19.3. The average Bonchev–Trinajstić information content (AvgIpc) is 2.96. The molecule has 1 fully saturated rings. The van der Waals surface area contributed by atoms with Gasteiger partial charge in [0, 0.05) is 38.3 Å². The van der Waals surface area contributed by atoms with Gasteiger partial charge in [-0.15, -0.1) is 0 Å². The molecule has 1 aromatic carbocycles. The summed E-state index contributed by atoms with van der Waals surface area (Å²) in [6.45, 7) is 4.68. The van der Waals surface area contributed by atoms with Crippen LogP contribution in [0, 0.1) is 5.82 Å². The number of halogens is 1. The molecule has 2 aromatic rings. The van der Waals surface area contributed by atoms with Gasteiger partial charge in [-0.05, 0) is 18.2 Å². The predicted molar refractivity (Wildman–Crippen MR) is 80.5 cm³/mol. The number of hydrogen-bond donors (Lipinski definition) is 1. The van der Waals surface area contributed by atoms with Gasteiger partial charge in [0.25, 0.3) is 0 Å². The van der Waals surface area contributed by atoms with E-state index in [1.807, 2.05) is 18.2 Å². The molecular formula is C16H20FN3O. The fraction of sp³-hybridized carbons (Fsp3) is 0.375. The van der Waals surface area contributed by atoms with Crippen molar-refractivity contribution in [1.82, 2.24) is 4.90 Å². The van der Waals surface area contributed by atoms with Crippen molar-refractivity contribution in [3.63, 3.8) is 0 Å². The summed E-state index contributed by atoms with van der Waals surface area (Å²) in [6.07, 6.45) is 1.69. The molecular weight excluding hydrogens is 269 g/mol. The van der Waals surface area contributed by atoms with Crippen molar-refractivity contribution < 1.29 is 8.81 Å². The van der Waals surface area contributed by atoms with Crippen molar-refractivity contribution in [2.24, 2.45) is 5.73 Å². The van der Waals surface area contributed by atoms with Crippen molar-refractivity contribution in [2.45, 2.75) is 13.1 Å². The normalized spacial score (nSPS) is 16.4. The lowest BCUT2D eigenvalue weighted by atomic mass is 10.2. The molecule has 2 N–H and O–H groups in total. The zero-order chi connectivity index (χ0) is 14.7. The van der Waals surface area contributed by atoms with Crippen molar-refractivity contribution >= 4 is 5.69 Å². The largest absolute Gasteiger partial charge is 0.468 e. The Bertz CT molecular complexity index is 591. The lowest BCUT2D eigenvalue weighted by Gasteiger charge is -2.35. The van der Waals surface area contributed by atoms with Crippen molar-refractivity contribution in [2.75, 3.05) is 31.1 Å². The van der Waals surface area contributed by atoms with Gasteiger partial charge in [-0.1, -0.05) is 12.1 Å². The third kappa shape index (κ3) is 3.09. The molecule has 3 rings (SSSR count). The van der Waals surface area contributed by atoms with E-state index < -0.39 is 0 Å². The Kier molecular flexibility index (Phi) is 4.22. The standard InChI is InChI=1S/C16H20FN3O/c17-14-3-1-2-4-15(14)20-8-6-19(7-9-20)12-16-13(11-18)5-10-21-16/h1-5,10H,6-9,11-12,18H2. The van der Waals surface area contributed by atoms with Crippen LogP contribution in [0.5, 0.6) is 0 Å². The Morgan fingerprint density at radius 2 is 1.86 bits per heavy atom. The van der Waals surface area contributed by atoms with Crippen molar-refractivity contribution in [3.8, 4) is 0 Å². The average molecular weight is 289 g/mol. The highest BCUT2D eigenvalue weighted by molar-refractivity contribution is 5.48. The predicted octanol–water partition coefficient (Wildman–Crippen LogP) is 2.20. The van der Waals surface area contributed by atoms with Gasteiger partial charge in [0.15, 0.2) is 0 Å². The molecule has 0 aliphatic carbocycles. The molecule has 0 radical (unpaired) electrons. The minimum atomic E-state index is -0.151. The molecule has 0 spiro atoms. The molecule has 1 aliphatic rings. The van der Waals surface area contributed by atoms with Crippen LogP contribution in [0.25, 0.3) is 0 Å². The molecule has 0 bridgehead atoms. The van der Waals surface area contributed by atoms with Crippen molar-refractivity contribution in [1.29, 1.82) is 0 Å². The van der Waals surface area contributed by atoms with Crippen LogP contribution in [0.4, 0.5) is 10.1 Å². The monoisotopic (exact) mass is 289 g/mol. The molecule has 1 aromatic heterocycles. The summed E-state index contributed by atoms with van der Waals surface area (Å²) in [7, 11) is 0.